The van der Waals surface area contributed by atoms with Gasteiger partial charge < -0.3 is 33.8 Å². The molecule has 2 N–H and O–H groups in total. The van der Waals surface area contributed by atoms with Gasteiger partial charge in [0.25, 0.3) is 0 Å². The summed E-state index contributed by atoms with van der Waals surface area (Å²) in [4.78, 5) is 25.9. The predicted molar refractivity (Wildman–Crippen MR) is 171 cm³/mol. The number of carbonyl (C=O) groups is 2. The Morgan fingerprint density at radius 2 is 1.42 bits per heavy atom. The molecule has 240 valence electrons. The summed E-state index contributed by atoms with van der Waals surface area (Å²) in [6, 6.07) is 12.8. The van der Waals surface area contributed by atoms with E-state index < -0.39 is 44.0 Å². The maximum Gasteiger partial charge on any atom is 0.407 e. The summed E-state index contributed by atoms with van der Waals surface area (Å²) in [5, 5.41) is 13.4. The summed E-state index contributed by atoms with van der Waals surface area (Å²) in [5.41, 5.74) is 1.00. The summed E-state index contributed by atoms with van der Waals surface area (Å²) in [6.07, 6.45) is -0.402. The molecule has 0 aliphatic carbocycles. The van der Waals surface area contributed by atoms with Gasteiger partial charge in [-0.3, -0.25) is 4.79 Å². The molecule has 0 radical (unpaired) electrons. The van der Waals surface area contributed by atoms with E-state index in [1.54, 1.807) is 32.9 Å². The second-order valence-corrected chi connectivity index (χ2v) is 18.1. The Labute approximate surface area is 258 Å². The van der Waals surface area contributed by atoms with E-state index in [0.717, 1.165) is 5.56 Å². The van der Waals surface area contributed by atoms with Gasteiger partial charge in [-0.2, -0.15) is 0 Å². The first-order chi connectivity index (χ1) is 19.9. The van der Waals surface area contributed by atoms with Gasteiger partial charge in [-0.05, 0) is 81.4 Å². The van der Waals surface area contributed by atoms with Crippen molar-refractivity contribution in [2.75, 3.05) is 21.3 Å². The van der Waals surface area contributed by atoms with Gasteiger partial charge in [-0.1, -0.05) is 51.1 Å². The van der Waals surface area contributed by atoms with E-state index in [4.69, 9.17) is 23.4 Å². The molecule has 0 aliphatic rings. The largest absolute Gasteiger partial charge is 0.493 e. The fraction of sp³-hybridized carbons (Fsp3) is 0.576. The zero-order valence-corrected chi connectivity index (χ0v) is 28.7. The van der Waals surface area contributed by atoms with Crippen LogP contribution in [0.5, 0.6) is 17.2 Å². The molecule has 1 amide bonds. The Hall–Kier alpha value is -3.24. The average Bonchev–Trinajstić information content (AvgIpc) is 2.89. The van der Waals surface area contributed by atoms with Crippen LogP contribution >= 0.6 is 0 Å². The normalized spacial score (nSPS) is 14.3. The molecule has 0 unspecified atom stereocenters. The molecule has 2 rings (SSSR count). The second-order valence-electron chi connectivity index (χ2n) is 13.4. The first kappa shape index (κ1) is 36.0. The number of hydrogen-bond donors (Lipinski definition) is 2. The number of carboxylic acid groups (broad SMARTS) is 1. The third-order valence-corrected chi connectivity index (χ3v) is 12.3. The Kier molecular flexibility index (Phi) is 12.5. The number of carbonyl (C=O) groups excluding carboxylic acids is 1. The van der Waals surface area contributed by atoms with Crippen LogP contribution in [0.15, 0.2) is 42.5 Å². The van der Waals surface area contributed by atoms with Crippen molar-refractivity contribution in [3.05, 3.63) is 53.6 Å². The minimum Gasteiger partial charge on any atom is -0.493 e. The Balaban J connectivity index is 2.57. The third kappa shape index (κ3) is 10.8. The highest BCUT2D eigenvalue weighted by Crippen LogP contribution is 2.41. The zero-order chi connectivity index (χ0) is 32.6. The van der Waals surface area contributed by atoms with Crippen molar-refractivity contribution in [2.24, 2.45) is 5.92 Å². The smallest absolute Gasteiger partial charge is 0.407 e. The summed E-state index contributed by atoms with van der Waals surface area (Å²) < 4.78 is 29.0. The van der Waals surface area contributed by atoms with E-state index in [2.05, 4.69) is 39.2 Å². The molecule has 3 atom stereocenters. The van der Waals surface area contributed by atoms with Crippen LogP contribution in [0.3, 0.4) is 0 Å². The van der Waals surface area contributed by atoms with Gasteiger partial charge in [0.2, 0.25) is 5.75 Å². The SMILES string of the molecule is COc1cc(C[C@H](C[C@H](O[Si](C)(C)C(C)(C)C)[C@H](Cc2ccccc2)NC(=O)OC(C)(C)C)C(=O)O)cc(OC)c1OC. The van der Waals surface area contributed by atoms with Gasteiger partial charge in [-0.25, -0.2) is 4.79 Å². The standard InChI is InChI=1S/C33H51NO8Si/c1-32(2,3)41-31(37)34-25(18-22-15-13-12-14-16-22)26(42-43(10,11)33(4,5)6)21-24(30(35)36)17-23-19-27(38-7)29(40-9)28(20-23)39-8/h12-16,19-20,24-26H,17-18,21H2,1-11H3,(H,34,37)(H,35,36)/t24-,25+,26+/m1/s1. The van der Waals surface area contributed by atoms with Gasteiger partial charge in [0.1, 0.15) is 5.60 Å². The minimum absolute atomic E-state index is 0.149. The molecule has 10 heteroatoms. The molecule has 0 aliphatic heterocycles. The lowest BCUT2D eigenvalue weighted by molar-refractivity contribution is -0.142. The van der Waals surface area contributed by atoms with Crippen molar-refractivity contribution in [1.29, 1.82) is 0 Å². The van der Waals surface area contributed by atoms with E-state index in [9.17, 15) is 14.7 Å². The minimum atomic E-state index is -2.42. The van der Waals surface area contributed by atoms with E-state index >= 15 is 0 Å². The summed E-state index contributed by atoms with van der Waals surface area (Å²) in [6.45, 7) is 16.1. The monoisotopic (exact) mass is 617 g/mol. The number of amides is 1. The maximum absolute atomic E-state index is 13.1. The van der Waals surface area contributed by atoms with Gasteiger partial charge in [0.15, 0.2) is 19.8 Å². The number of ether oxygens (including phenoxy) is 4. The van der Waals surface area contributed by atoms with Crippen LogP contribution in [-0.4, -0.2) is 64.6 Å². The van der Waals surface area contributed by atoms with Crippen LogP contribution in [0.1, 0.15) is 59.1 Å². The number of alkyl carbamates (subject to hydrolysis) is 1. The molecule has 0 saturated carbocycles. The first-order valence-corrected chi connectivity index (χ1v) is 17.5. The van der Waals surface area contributed by atoms with E-state index in [-0.39, 0.29) is 17.9 Å². The molecular weight excluding hydrogens is 566 g/mol. The van der Waals surface area contributed by atoms with Gasteiger partial charge in [-0.15, -0.1) is 0 Å². The van der Waals surface area contributed by atoms with Gasteiger partial charge in [0, 0.05) is 0 Å². The number of benzene rings is 2. The fourth-order valence-electron chi connectivity index (χ4n) is 4.54. The molecule has 0 fully saturated rings. The number of aliphatic carboxylic acids is 1. The van der Waals surface area contributed by atoms with Gasteiger partial charge in [0.05, 0.1) is 39.4 Å². The van der Waals surface area contributed by atoms with E-state index in [1.807, 2.05) is 30.3 Å². The van der Waals surface area contributed by atoms with Crippen LogP contribution < -0.4 is 19.5 Å². The molecule has 2 aromatic rings. The number of methoxy groups -OCH3 is 3. The summed E-state index contributed by atoms with van der Waals surface area (Å²) in [5.74, 6) is -0.471. The van der Waals surface area contributed by atoms with Crippen molar-refractivity contribution in [2.45, 2.75) is 96.7 Å². The maximum atomic E-state index is 13.1. The second kappa shape index (κ2) is 15.0. The summed E-state index contributed by atoms with van der Waals surface area (Å²) in [7, 11) is 2.14. The zero-order valence-electron chi connectivity index (χ0n) is 27.7. The Morgan fingerprint density at radius 3 is 1.86 bits per heavy atom. The molecule has 0 spiro atoms. The van der Waals surface area contributed by atoms with Crippen LogP contribution in [0.25, 0.3) is 0 Å². The molecule has 0 bridgehead atoms. The Bertz CT molecular complexity index is 1180. The highest BCUT2D eigenvalue weighted by Gasteiger charge is 2.42. The van der Waals surface area contributed by atoms with E-state index in [0.29, 0.717) is 29.2 Å². The molecule has 2 aromatic carbocycles. The molecule has 0 aromatic heterocycles. The van der Waals surface area contributed by atoms with Crippen molar-refractivity contribution >= 4 is 20.4 Å². The lowest BCUT2D eigenvalue weighted by atomic mass is 9.89. The van der Waals surface area contributed by atoms with Crippen molar-refractivity contribution < 1.29 is 38.1 Å². The number of nitrogens with one attached hydrogen (secondary N) is 1. The van der Waals surface area contributed by atoms with Crippen molar-refractivity contribution in [1.82, 2.24) is 5.32 Å². The summed E-state index contributed by atoms with van der Waals surface area (Å²) >= 11 is 0. The number of carboxylic acids is 1. The highest BCUT2D eigenvalue weighted by molar-refractivity contribution is 6.74. The molecular formula is C33H51NO8Si. The van der Waals surface area contributed by atoms with Crippen molar-refractivity contribution in [3.63, 3.8) is 0 Å². The quantitative estimate of drug-likeness (QED) is 0.221. The van der Waals surface area contributed by atoms with Crippen LogP contribution in [0.4, 0.5) is 4.79 Å². The average molecular weight is 618 g/mol. The third-order valence-electron chi connectivity index (χ3n) is 7.77. The number of hydrogen-bond acceptors (Lipinski definition) is 7. The van der Waals surface area contributed by atoms with E-state index in [1.165, 1.54) is 21.3 Å². The van der Waals surface area contributed by atoms with Crippen LogP contribution in [0.2, 0.25) is 18.1 Å². The highest BCUT2D eigenvalue weighted by atomic mass is 28.4. The van der Waals surface area contributed by atoms with Gasteiger partial charge >= 0.3 is 12.1 Å². The molecule has 0 saturated heterocycles. The molecule has 9 nitrogen and oxygen atoms in total. The molecule has 43 heavy (non-hydrogen) atoms. The number of rotatable bonds is 14. The lowest BCUT2D eigenvalue weighted by Crippen LogP contribution is -2.54. The van der Waals surface area contributed by atoms with Crippen LogP contribution in [0, 0.1) is 5.92 Å². The topological polar surface area (TPSA) is 113 Å². The fourth-order valence-corrected chi connectivity index (χ4v) is 5.91. The Morgan fingerprint density at radius 1 is 0.860 bits per heavy atom. The first-order valence-electron chi connectivity index (χ1n) is 14.6. The van der Waals surface area contributed by atoms with Crippen molar-refractivity contribution in [3.8, 4) is 17.2 Å². The van der Waals surface area contributed by atoms with Crippen LogP contribution in [-0.2, 0) is 26.8 Å². The predicted octanol–water partition coefficient (Wildman–Crippen LogP) is 6.87. The lowest BCUT2D eigenvalue weighted by Gasteiger charge is -2.42. The molecule has 0 heterocycles.